The van der Waals surface area contributed by atoms with E-state index in [4.69, 9.17) is 5.11 Å². The minimum Gasteiger partial charge on any atom is -0.481 e. The number of hydrogen-bond donors (Lipinski definition) is 2. The van der Waals surface area contributed by atoms with Crippen molar-refractivity contribution in [1.82, 2.24) is 5.32 Å². The van der Waals surface area contributed by atoms with Crippen molar-refractivity contribution >= 4 is 11.9 Å². The Morgan fingerprint density at radius 1 is 1.57 bits per heavy atom. The van der Waals surface area contributed by atoms with Crippen LogP contribution in [0.15, 0.2) is 0 Å². The molecule has 0 radical (unpaired) electrons. The minimum absolute atomic E-state index is 0.0220. The molecule has 80 valence electrons. The molecular formula is C10H17NO3. The lowest BCUT2D eigenvalue weighted by atomic mass is 9.79. The highest BCUT2D eigenvalue weighted by atomic mass is 16.4. The Morgan fingerprint density at radius 3 is 2.50 bits per heavy atom. The molecule has 0 saturated carbocycles. The lowest BCUT2D eigenvalue weighted by Gasteiger charge is -2.21. The molecule has 4 heteroatoms. The highest BCUT2D eigenvalue weighted by Gasteiger charge is 2.44. The first-order chi connectivity index (χ1) is 6.54. The molecule has 1 saturated heterocycles. The van der Waals surface area contributed by atoms with E-state index in [0.29, 0.717) is 6.42 Å². The van der Waals surface area contributed by atoms with Crippen molar-refractivity contribution in [3.8, 4) is 0 Å². The van der Waals surface area contributed by atoms with E-state index >= 15 is 0 Å². The van der Waals surface area contributed by atoms with E-state index in [1.807, 2.05) is 13.8 Å². The van der Waals surface area contributed by atoms with Crippen LogP contribution in [0.4, 0.5) is 0 Å². The van der Waals surface area contributed by atoms with Gasteiger partial charge in [0.15, 0.2) is 0 Å². The van der Waals surface area contributed by atoms with E-state index in [0.717, 1.165) is 12.8 Å². The lowest BCUT2D eigenvalue weighted by Crippen LogP contribution is -2.31. The fraction of sp³-hybridized carbons (Fsp3) is 0.800. The maximum Gasteiger partial charge on any atom is 0.305 e. The van der Waals surface area contributed by atoms with Crippen molar-refractivity contribution in [2.75, 3.05) is 0 Å². The van der Waals surface area contributed by atoms with Crippen LogP contribution >= 0.6 is 0 Å². The molecule has 0 aromatic carbocycles. The first-order valence-corrected chi connectivity index (χ1v) is 5.07. The van der Waals surface area contributed by atoms with Crippen molar-refractivity contribution in [2.24, 2.45) is 5.41 Å². The fourth-order valence-electron chi connectivity index (χ4n) is 2.15. The maximum atomic E-state index is 11.6. The lowest BCUT2D eigenvalue weighted by molar-refractivity contribution is -0.137. The predicted octanol–water partition coefficient (Wildman–Crippen LogP) is 1.16. The predicted molar refractivity (Wildman–Crippen MR) is 51.8 cm³/mol. The molecule has 1 aliphatic heterocycles. The molecule has 1 rings (SSSR count). The summed E-state index contributed by atoms with van der Waals surface area (Å²) in [5, 5.41) is 11.4. The molecule has 1 fully saturated rings. The number of carbonyl (C=O) groups is 2. The molecule has 0 spiro atoms. The van der Waals surface area contributed by atoms with Crippen LogP contribution < -0.4 is 5.32 Å². The van der Waals surface area contributed by atoms with Gasteiger partial charge >= 0.3 is 5.97 Å². The van der Waals surface area contributed by atoms with Crippen molar-refractivity contribution in [2.45, 2.75) is 45.6 Å². The van der Waals surface area contributed by atoms with Gasteiger partial charge in [0, 0.05) is 6.04 Å². The van der Waals surface area contributed by atoms with Gasteiger partial charge in [-0.15, -0.1) is 0 Å². The topological polar surface area (TPSA) is 66.4 Å². The van der Waals surface area contributed by atoms with E-state index in [2.05, 4.69) is 5.32 Å². The van der Waals surface area contributed by atoms with Gasteiger partial charge in [0.25, 0.3) is 0 Å². The molecule has 4 nitrogen and oxygen atoms in total. The van der Waals surface area contributed by atoms with Crippen LogP contribution in [0.2, 0.25) is 0 Å². The summed E-state index contributed by atoms with van der Waals surface area (Å²) in [6.45, 7) is 3.96. The Kier molecular flexibility index (Phi) is 3.13. The van der Waals surface area contributed by atoms with Crippen molar-refractivity contribution in [3.63, 3.8) is 0 Å². The van der Waals surface area contributed by atoms with Gasteiger partial charge in [-0.25, -0.2) is 0 Å². The average molecular weight is 199 g/mol. The van der Waals surface area contributed by atoms with Crippen LogP contribution in [0.3, 0.4) is 0 Å². The standard InChI is InChI=1S/C10H17NO3/c1-3-10(4-2)6-7(5-8(12)13)11-9(10)14/h7H,3-6H2,1-2H3,(H,11,14)(H,12,13). The highest BCUT2D eigenvalue weighted by molar-refractivity contribution is 5.86. The summed E-state index contributed by atoms with van der Waals surface area (Å²) < 4.78 is 0. The number of carboxylic acids is 1. The minimum atomic E-state index is -0.849. The number of carboxylic acid groups (broad SMARTS) is 1. The number of carbonyl (C=O) groups excluding carboxylic acids is 1. The third-order valence-electron chi connectivity index (χ3n) is 3.23. The van der Waals surface area contributed by atoms with E-state index < -0.39 is 5.97 Å². The average Bonchev–Trinajstić information content (AvgIpc) is 2.42. The van der Waals surface area contributed by atoms with Gasteiger partial charge in [-0.2, -0.15) is 0 Å². The first kappa shape index (κ1) is 11.0. The number of amides is 1. The molecule has 14 heavy (non-hydrogen) atoms. The van der Waals surface area contributed by atoms with Gasteiger partial charge in [0.1, 0.15) is 0 Å². The van der Waals surface area contributed by atoms with Crippen molar-refractivity contribution in [3.05, 3.63) is 0 Å². The summed E-state index contributed by atoms with van der Waals surface area (Å²) in [5.74, 6) is -0.827. The number of nitrogens with one attached hydrogen (secondary N) is 1. The summed E-state index contributed by atoms with van der Waals surface area (Å²) in [7, 11) is 0. The normalized spacial score (nSPS) is 24.7. The molecule has 1 aliphatic rings. The van der Waals surface area contributed by atoms with Gasteiger partial charge < -0.3 is 10.4 Å². The molecule has 0 aromatic heterocycles. The second kappa shape index (κ2) is 3.98. The van der Waals surface area contributed by atoms with Crippen LogP contribution in [0.5, 0.6) is 0 Å². The molecule has 1 heterocycles. The van der Waals surface area contributed by atoms with Crippen LogP contribution in [0.25, 0.3) is 0 Å². The first-order valence-electron chi connectivity index (χ1n) is 5.07. The van der Waals surface area contributed by atoms with Gasteiger partial charge in [-0.3, -0.25) is 9.59 Å². The van der Waals surface area contributed by atoms with Gasteiger partial charge in [0.05, 0.1) is 11.8 Å². The zero-order valence-electron chi connectivity index (χ0n) is 8.67. The largest absolute Gasteiger partial charge is 0.481 e. The number of rotatable bonds is 4. The van der Waals surface area contributed by atoms with Crippen LogP contribution in [-0.2, 0) is 9.59 Å². The number of aliphatic carboxylic acids is 1. The van der Waals surface area contributed by atoms with Crippen molar-refractivity contribution < 1.29 is 14.7 Å². The Bertz CT molecular complexity index is 246. The second-order valence-corrected chi connectivity index (χ2v) is 3.96. The molecule has 0 aromatic rings. The summed E-state index contributed by atoms with van der Waals surface area (Å²) in [5.41, 5.74) is -0.319. The van der Waals surface area contributed by atoms with E-state index in [9.17, 15) is 9.59 Å². The van der Waals surface area contributed by atoms with Crippen molar-refractivity contribution in [1.29, 1.82) is 0 Å². The third-order valence-corrected chi connectivity index (χ3v) is 3.23. The van der Waals surface area contributed by atoms with E-state index in [-0.39, 0.29) is 23.8 Å². The molecule has 2 N–H and O–H groups in total. The fourth-order valence-corrected chi connectivity index (χ4v) is 2.15. The molecular weight excluding hydrogens is 182 g/mol. The Morgan fingerprint density at radius 2 is 2.14 bits per heavy atom. The van der Waals surface area contributed by atoms with E-state index in [1.165, 1.54) is 0 Å². The van der Waals surface area contributed by atoms with Crippen LogP contribution in [0, 0.1) is 5.41 Å². The quantitative estimate of drug-likeness (QED) is 0.714. The smallest absolute Gasteiger partial charge is 0.305 e. The van der Waals surface area contributed by atoms with Crippen LogP contribution in [-0.4, -0.2) is 23.0 Å². The Labute approximate surface area is 83.7 Å². The Hall–Kier alpha value is -1.06. The molecule has 1 unspecified atom stereocenters. The van der Waals surface area contributed by atoms with Gasteiger partial charge in [0.2, 0.25) is 5.91 Å². The highest BCUT2D eigenvalue weighted by Crippen LogP contribution is 2.37. The SMILES string of the molecule is CCC1(CC)CC(CC(=O)O)NC1=O. The zero-order valence-corrected chi connectivity index (χ0v) is 8.67. The summed E-state index contributed by atoms with van der Waals surface area (Å²) in [6, 6.07) is -0.181. The second-order valence-electron chi connectivity index (χ2n) is 3.96. The van der Waals surface area contributed by atoms with E-state index in [1.54, 1.807) is 0 Å². The van der Waals surface area contributed by atoms with Gasteiger partial charge in [-0.1, -0.05) is 13.8 Å². The Balaban J connectivity index is 2.67. The molecule has 0 bridgehead atoms. The number of hydrogen-bond acceptors (Lipinski definition) is 2. The van der Waals surface area contributed by atoms with Crippen LogP contribution in [0.1, 0.15) is 39.5 Å². The molecule has 1 atom stereocenters. The van der Waals surface area contributed by atoms with Gasteiger partial charge in [-0.05, 0) is 19.3 Å². The zero-order chi connectivity index (χ0) is 10.8. The summed E-state index contributed by atoms with van der Waals surface area (Å²) >= 11 is 0. The molecule has 1 amide bonds. The molecule has 0 aliphatic carbocycles. The maximum absolute atomic E-state index is 11.6. The monoisotopic (exact) mass is 199 g/mol. The third kappa shape index (κ3) is 1.89. The summed E-state index contributed by atoms with van der Waals surface area (Å²) in [6.07, 6.45) is 2.26. The summed E-state index contributed by atoms with van der Waals surface area (Å²) in [4.78, 5) is 22.1.